The number of nitrogens with one attached hydrogen (secondary N) is 1. The third-order valence-corrected chi connectivity index (χ3v) is 6.98. The Bertz CT molecular complexity index is 1600. The predicted molar refractivity (Wildman–Crippen MR) is 149 cm³/mol. The molecule has 1 unspecified atom stereocenters. The smallest absolute Gasteiger partial charge is 0.326 e. The Morgan fingerprint density at radius 2 is 1.85 bits per heavy atom. The number of rotatable bonds is 9. The van der Waals surface area contributed by atoms with Crippen LogP contribution in [-0.2, 0) is 12.7 Å². The highest BCUT2D eigenvalue weighted by atomic mass is 35.5. The van der Waals surface area contributed by atoms with Gasteiger partial charge in [-0.05, 0) is 60.2 Å². The molecule has 0 aliphatic heterocycles. The molecule has 0 radical (unpaired) electrons. The molecular weight excluding hydrogens is 562 g/mol. The molecule has 1 aliphatic rings. The number of nitrogens with zero attached hydrogens (tertiary/aromatic N) is 3. The number of amides is 1. The van der Waals surface area contributed by atoms with Crippen molar-refractivity contribution in [3.63, 3.8) is 0 Å². The second kappa shape index (κ2) is 12.3. The number of hydrogen-bond acceptors (Lipinski definition) is 4. The average Bonchev–Trinajstić information content (AvgIpc) is 3.64. The summed E-state index contributed by atoms with van der Waals surface area (Å²) >= 11 is 0. The molecule has 5 rings (SSSR count). The lowest BCUT2D eigenvalue weighted by Crippen LogP contribution is -2.24. The highest BCUT2D eigenvalue weighted by Gasteiger charge is 2.36. The summed E-state index contributed by atoms with van der Waals surface area (Å²) in [6, 6.07) is 15.4. The fourth-order valence-corrected chi connectivity index (χ4v) is 4.69. The summed E-state index contributed by atoms with van der Waals surface area (Å²) in [7, 11) is 0. The monoisotopic (exact) mass is 589 g/mol. The molecule has 1 amide bonds. The first-order valence-corrected chi connectivity index (χ1v) is 12.9. The standard InChI is InChI=1S/C29H27F4N5O2.ClH/c30-22-11-10-20(24(12-9-18-7-8-18)37-13-2-1-6-27(37)39)15-23(22)35-28(40)25-16-26(29(31,32)33)36-38(25)21-5-3-4-19(14-21)17-34;/h1-6,10-11,13-16,18,24H,7-9,12,17,34H2,(H,35,40);1H. The predicted octanol–water partition coefficient (Wildman–Crippen LogP) is 6.10. The van der Waals surface area contributed by atoms with Crippen molar-refractivity contribution in [1.29, 1.82) is 0 Å². The molecule has 2 aromatic carbocycles. The highest BCUT2D eigenvalue weighted by molar-refractivity contribution is 6.03. The van der Waals surface area contributed by atoms with Gasteiger partial charge in [-0.25, -0.2) is 9.07 Å². The van der Waals surface area contributed by atoms with Gasteiger partial charge in [-0.3, -0.25) is 9.59 Å². The Morgan fingerprint density at radius 3 is 2.54 bits per heavy atom. The van der Waals surface area contributed by atoms with Gasteiger partial charge in [-0.15, -0.1) is 12.4 Å². The van der Waals surface area contributed by atoms with E-state index in [-0.39, 0.29) is 35.9 Å². The summed E-state index contributed by atoms with van der Waals surface area (Å²) in [6.45, 7) is 0.132. The van der Waals surface area contributed by atoms with E-state index >= 15 is 0 Å². The minimum absolute atomic E-state index is 0. The molecule has 4 aromatic rings. The molecule has 0 bridgehead atoms. The summed E-state index contributed by atoms with van der Waals surface area (Å²) in [5.74, 6) is -1.17. The van der Waals surface area contributed by atoms with Crippen LogP contribution in [0.25, 0.3) is 5.69 Å². The van der Waals surface area contributed by atoms with E-state index in [1.54, 1.807) is 41.1 Å². The Balaban J connectivity index is 0.00000387. The van der Waals surface area contributed by atoms with Gasteiger partial charge in [-0.2, -0.15) is 18.3 Å². The number of nitrogens with two attached hydrogens (primary N) is 1. The topological polar surface area (TPSA) is 94.9 Å². The molecule has 2 heterocycles. The normalized spacial score (nSPS) is 13.9. The van der Waals surface area contributed by atoms with Crippen molar-refractivity contribution in [3.05, 3.63) is 112 Å². The molecule has 0 spiro atoms. The van der Waals surface area contributed by atoms with Gasteiger partial charge in [0.25, 0.3) is 11.5 Å². The van der Waals surface area contributed by atoms with Crippen molar-refractivity contribution in [2.75, 3.05) is 5.32 Å². The van der Waals surface area contributed by atoms with E-state index in [1.165, 1.54) is 30.3 Å². The second-order valence-electron chi connectivity index (χ2n) is 9.87. The number of carbonyl (C=O) groups is 1. The minimum atomic E-state index is -4.81. The molecule has 216 valence electrons. The largest absolute Gasteiger partial charge is 0.435 e. The third-order valence-electron chi connectivity index (χ3n) is 6.98. The number of benzene rings is 2. The fraction of sp³-hybridized carbons (Fsp3) is 0.276. The zero-order chi connectivity index (χ0) is 28.4. The minimum Gasteiger partial charge on any atom is -0.326 e. The van der Waals surface area contributed by atoms with Crippen molar-refractivity contribution < 1.29 is 22.4 Å². The van der Waals surface area contributed by atoms with Gasteiger partial charge in [0.05, 0.1) is 17.4 Å². The number of hydrogen-bond donors (Lipinski definition) is 2. The number of alkyl halides is 3. The van der Waals surface area contributed by atoms with Crippen molar-refractivity contribution >= 4 is 24.0 Å². The van der Waals surface area contributed by atoms with E-state index in [1.807, 2.05) is 0 Å². The van der Waals surface area contributed by atoms with Crippen LogP contribution < -0.4 is 16.6 Å². The van der Waals surface area contributed by atoms with Crippen molar-refractivity contribution in [3.8, 4) is 5.69 Å². The van der Waals surface area contributed by atoms with Gasteiger partial charge >= 0.3 is 6.18 Å². The zero-order valence-electron chi connectivity index (χ0n) is 21.8. The zero-order valence-corrected chi connectivity index (χ0v) is 22.6. The molecule has 2 aromatic heterocycles. The summed E-state index contributed by atoms with van der Waals surface area (Å²) in [5.41, 5.74) is 4.93. The Labute approximate surface area is 239 Å². The number of carbonyl (C=O) groups excluding carboxylic acids is 1. The summed E-state index contributed by atoms with van der Waals surface area (Å²) in [5, 5.41) is 6.03. The van der Waals surface area contributed by atoms with E-state index in [0.29, 0.717) is 29.5 Å². The number of pyridine rings is 1. The van der Waals surface area contributed by atoms with Crippen LogP contribution in [0.2, 0.25) is 0 Å². The first-order chi connectivity index (χ1) is 19.1. The molecule has 3 N–H and O–H groups in total. The molecule has 41 heavy (non-hydrogen) atoms. The first-order valence-electron chi connectivity index (χ1n) is 12.9. The first kappa shape index (κ1) is 30.0. The van der Waals surface area contributed by atoms with E-state index in [9.17, 15) is 27.2 Å². The van der Waals surface area contributed by atoms with E-state index in [0.717, 1.165) is 23.9 Å². The summed E-state index contributed by atoms with van der Waals surface area (Å²) in [4.78, 5) is 25.9. The van der Waals surface area contributed by atoms with Gasteiger partial charge < -0.3 is 15.6 Å². The van der Waals surface area contributed by atoms with E-state index in [4.69, 9.17) is 5.73 Å². The molecule has 0 saturated heterocycles. The molecule has 1 saturated carbocycles. The quantitative estimate of drug-likeness (QED) is 0.231. The number of halogens is 5. The van der Waals surface area contributed by atoms with Crippen LogP contribution in [0, 0.1) is 11.7 Å². The van der Waals surface area contributed by atoms with Crippen LogP contribution in [0.5, 0.6) is 0 Å². The molecule has 1 fully saturated rings. The molecule has 7 nitrogen and oxygen atoms in total. The van der Waals surface area contributed by atoms with Crippen LogP contribution in [0.3, 0.4) is 0 Å². The molecule has 1 atom stereocenters. The van der Waals surface area contributed by atoms with E-state index < -0.39 is 35.3 Å². The van der Waals surface area contributed by atoms with Gasteiger partial charge in [0.2, 0.25) is 0 Å². The fourth-order valence-electron chi connectivity index (χ4n) is 4.69. The van der Waals surface area contributed by atoms with Crippen LogP contribution in [0.4, 0.5) is 23.2 Å². The van der Waals surface area contributed by atoms with Gasteiger partial charge in [0.15, 0.2) is 5.69 Å². The van der Waals surface area contributed by atoms with Gasteiger partial charge in [0, 0.05) is 24.9 Å². The molecule has 1 aliphatic carbocycles. The molecular formula is C29H28ClF4N5O2. The van der Waals surface area contributed by atoms with Gasteiger partial charge in [-0.1, -0.05) is 37.1 Å². The highest BCUT2D eigenvalue weighted by Crippen LogP contribution is 2.37. The maximum absolute atomic E-state index is 14.9. The van der Waals surface area contributed by atoms with Gasteiger partial charge in [0.1, 0.15) is 11.5 Å². The van der Waals surface area contributed by atoms with Crippen LogP contribution in [0.15, 0.2) is 77.7 Å². The average molecular weight is 590 g/mol. The summed E-state index contributed by atoms with van der Waals surface area (Å²) in [6.07, 6.45) is 0.619. The lowest BCUT2D eigenvalue weighted by molar-refractivity contribution is -0.141. The summed E-state index contributed by atoms with van der Waals surface area (Å²) < 4.78 is 58.0. The molecule has 12 heteroatoms. The van der Waals surface area contributed by atoms with Crippen molar-refractivity contribution in [1.82, 2.24) is 14.3 Å². The number of anilines is 1. The maximum Gasteiger partial charge on any atom is 0.435 e. The van der Waals surface area contributed by atoms with E-state index in [2.05, 4.69) is 10.4 Å². The number of aromatic nitrogens is 3. The van der Waals surface area contributed by atoms with Crippen LogP contribution >= 0.6 is 12.4 Å². The van der Waals surface area contributed by atoms with Crippen molar-refractivity contribution in [2.45, 2.75) is 44.4 Å². The van der Waals surface area contributed by atoms with Crippen LogP contribution in [-0.4, -0.2) is 20.3 Å². The van der Waals surface area contributed by atoms with Crippen LogP contribution in [0.1, 0.15) is 59.0 Å². The Morgan fingerprint density at radius 1 is 1.07 bits per heavy atom. The Hall–Kier alpha value is -3.96. The lowest BCUT2D eigenvalue weighted by Gasteiger charge is -2.21. The lowest BCUT2D eigenvalue weighted by atomic mass is 9.99. The maximum atomic E-state index is 14.9. The Kier molecular flexibility index (Phi) is 8.98. The van der Waals surface area contributed by atoms with Crippen molar-refractivity contribution in [2.24, 2.45) is 11.7 Å². The third kappa shape index (κ3) is 6.86. The second-order valence-corrected chi connectivity index (χ2v) is 9.87. The SMILES string of the molecule is Cl.NCc1cccc(-n2nc(C(F)(F)F)cc2C(=O)Nc2cc(C(CCC3CC3)n3ccccc3=O)ccc2F)c1.